The number of H-pyrrole nitrogens is 1. The minimum atomic E-state index is -0.449. The van der Waals surface area contributed by atoms with Crippen molar-refractivity contribution in [3.05, 3.63) is 22.4 Å². The van der Waals surface area contributed by atoms with E-state index in [-0.39, 0.29) is 11.1 Å². The van der Waals surface area contributed by atoms with E-state index in [4.69, 9.17) is 0 Å². The van der Waals surface area contributed by atoms with Crippen LogP contribution in [0.1, 0.15) is 33.0 Å². The van der Waals surface area contributed by atoms with Crippen LogP contribution in [0.5, 0.6) is 0 Å². The molecule has 1 atom stereocenters. The first kappa shape index (κ1) is 14.5. The van der Waals surface area contributed by atoms with E-state index in [2.05, 4.69) is 41.3 Å². The van der Waals surface area contributed by atoms with Gasteiger partial charge in [-0.05, 0) is 18.8 Å². The third-order valence-corrected chi connectivity index (χ3v) is 2.94. The van der Waals surface area contributed by atoms with Crippen LogP contribution in [0.15, 0.2) is 10.9 Å². The van der Waals surface area contributed by atoms with Crippen LogP contribution in [-0.2, 0) is 0 Å². The van der Waals surface area contributed by atoms with Crippen molar-refractivity contribution < 1.29 is 5.11 Å². The van der Waals surface area contributed by atoms with Gasteiger partial charge in [-0.3, -0.25) is 0 Å². The summed E-state index contributed by atoms with van der Waals surface area (Å²) < 4.78 is 1.40. The Morgan fingerprint density at radius 3 is 2.85 bits per heavy atom. The average molecular weight is 279 g/mol. The topological polar surface area (TPSA) is 95.3 Å². The Balaban J connectivity index is 2.09. The van der Waals surface area contributed by atoms with Gasteiger partial charge in [0.25, 0.3) is 0 Å². The van der Waals surface area contributed by atoms with Gasteiger partial charge >= 0.3 is 5.69 Å². The summed E-state index contributed by atoms with van der Waals surface area (Å²) in [6.07, 6.45) is 0.248. The normalized spacial score (nSPS) is 13.7. The van der Waals surface area contributed by atoms with Crippen molar-refractivity contribution >= 4 is 11.5 Å². The van der Waals surface area contributed by atoms with Crippen molar-refractivity contribution in [1.82, 2.24) is 19.6 Å². The zero-order valence-electron chi connectivity index (χ0n) is 12.3. The highest BCUT2D eigenvalue weighted by Crippen LogP contribution is 2.20. The van der Waals surface area contributed by atoms with Crippen LogP contribution < -0.4 is 11.0 Å². The van der Waals surface area contributed by atoms with E-state index in [1.165, 1.54) is 4.40 Å². The van der Waals surface area contributed by atoms with Gasteiger partial charge in [-0.15, -0.1) is 0 Å². The molecule has 7 heteroatoms. The van der Waals surface area contributed by atoms with E-state index in [1.807, 2.05) is 0 Å². The van der Waals surface area contributed by atoms with E-state index in [9.17, 15) is 9.90 Å². The van der Waals surface area contributed by atoms with Crippen LogP contribution in [0.3, 0.4) is 0 Å². The first-order chi connectivity index (χ1) is 9.26. The molecule has 0 spiro atoms. The molecular weight excluding hydrogens is 258 g/mol. The summed E-state index contributed by atoms with van der Waals surface area (Å²) in [4.78, 5) is 15.8. The van der Waals surface area contributed by atoms with Crippen LogP contribution >= 0.6 is 0 Å². The molecule has 0 saturated heterocycles. The summed E-state index contributed by atoms with van der Waals surface area (Å²) >= 11 is 0. The number of aryl methyl sites for hydroxylation is 1. The van der Waals surface area contributed by atoms with Crippen LogP contribution in [0, 0.1) is 12.3 Å². The highest BCUT2D eigenvalue weighted by molar-refractivity contribution is 5.49. The largest absolute Gasteiger partial charge is 0.391 e. The molecule has 2 aromatic rings. The molecule has 7 nitrogen and oxygen atoms in total. The molecule has 0 aliphatic rings. The van der Waals surface area contributed by atoms with Crippen LogP contribution in [-0.4, -0.2) is 37.3 Å². The quantitative estimate of drug-likeness (QED) is 0.774. The first-order valence-electron chi connectivity index (χ1n) is 6.63. The second-order valence-corrected chi connectivity index (χ2v) is 6.21. The van der Waals surface area contributed by atoms with Crippen LogP contribution in [0.4, 0.5) is 5.82 Å². The fourth-order valence-electron chi connectivity index (χ4n) is 2.19. The molecule has 0 radical (unpaired) electrons. The maximum absolute atomic E-state index is 11.5. The fourth-order valence-corrected chi connectivity index (χ4v) is 2.19. The smallest absolute Gasteiger partial charge is 0.349 e. The number of hydrogen-bond acceptors (Lipinski definition) is 5. The molecule has 0 aromatic carbocycles. The summed E-state index contributed by atoms with van der Waals surface area (Å²) in [5, 5.41) is 19.3. The van der Waals surface area contributed by atoms with E-state index in [0.717, 1.165) is 0 Å². The van der Waals surface area contributed by atoms with Crippen molar-refractivity contribution in [3.63, 3.8) is 0 Å². The van der Waals surface area contributed by atoms with Gasteiger partial charge in [-0.25, -0.2) is 19.3 Å². The van der Waals surface area contributed by atoms with Crippen molar-refractivity contribution in [2.75, 3.05) is 11.9 Å². The molecule has 20 heavy (non-hydrogen) atoms. The number of hydrogen-bond donors (Lipinski definition) is 3. The second kappa shape index (κ2) is 5.24. The lowest BCUT2D eigenvalue weighted by atomic mass is 9.89. The number of aromatic amines is 1. The SMILES string of the molecule is Cc1nc(NCC(O)CC(C)(C)C)cc2n[nH]c(=O)n12. The fraction of sp³-hybridized carbons (Fsp3) is 0.615. The predicted molar refractivity (Wildman–Crippen MR) is 76.9 cm³/mol. The first-order valence-corrected chi connectivity index (χ1v) is 6.63. The number of aromatic nitrogens is 4. The standard InChI is InChI=1S/C13H21N5O2/c1-8-15-10(5-11-16-17-12(20)18(8)11)14-7-9(19)6-13(2,3)4/h5,9,14,19H,6-7H2,1-4H3,(H,17,20). The van der Waals surface area contributed by atoms with E-state index in [0.29, 0.717) is 30.3 Å². The number of aliphatic hydroxyl groups is 1. The van der Waals surface area contributed by atoms with E-state index >= 15 is 0 Å². The van der Waals surface area contributed by atoms with Gasteiger partial charge in [0.2, 0.25) is 0 Å². The van der Waals surface area contributed by atoms with Gasteiger partial charge in [0.05, 0.1) is 6.10 Å². The van der Waals surface area contributed by atoms with Gasteiger partial charge in [0.15, 0.2) is 5.65 Å². The molecule has 2 aromatic heterocycles. The molecule has 0 amide bonds. The number of nitrogens with one attached hydrogen (secondary N) is 2. The summed E-state index contributed by atoms with van der Waals surface area (Å²) in [6.45, 7) is 8.40. The van der Waals surface area contributed by atoms with Crippen LogP contribution in [0.25, 0.3) is 5.65 Å². The zero-order valence-corrected chi connectivity index (χ0v) is 12.3. The second-order valence-electron chi connectivity index (χ2n) is 6.21. The number of nitrogens with zero attached hydrogens (tertiary/aromatic N) is 3. The average Bonchev–Trinajstić information content (AvgIpc) is 2.66. The lowest BCUT2D eigenvalue weighted by Gasteiger charge is -2.22. The number of rotatable bonds is 4. The van der Waals surface area contributed by atoms with Crippen molar-refractivity contribution in [2.45, 2.75) is 40.2 Å². The predicted octanol–water partition coefficient (Wildman–Crippen LogP) is 0.935. The van der Waals surface area contributed by atoms with Gasteiger partial charge < -0.3 is 10.4 Å². The Bertz CT molecular complexity index is 653. The molecule has 1 unspecified atom stereocenters. The molecule has 2 heterocycles. The van der Waals surface area contributed by atoms with Gasteiger partial charge in [-0.1, -0.05) is 20.8 Å². The molecule has 3 N–H and O–H groups in total. The molecule has 0 fully saturated rings. The Morgan fingerprint density at radius 2 is 2.20 bits per heavy atom. The molecule has 2 rings (SSSR count). The Hall–Kier alpha value is -1.89. The third-order valence-electron chi connectivity index (χ3n) is 2.94. The summed E-state index contributed by atoms with van der Waals surface area (Å²) in [5.74, 6) is 1.15. The Kier molecular flexibility index (Phi) is 3.80. The van der Waals surface area contributed by atoms with Gasteiger partial charge in [0, 0.05) is 12.6 Å². The Morgan fingerprint density at radius 1 is 1.50 bits per heavy atom. The molecule has 110 valence electrons. The number of fused-ring (bicyclic) bond motifs is 1. The molecule has 0 saturated carbocycles. The molecule has 0 aliphatic carbocycles. The van der Waals surface area contributed by atoms with Crippen molar-refractivity contribution in [2.24, 2.45) is 5.41 Å². The third kappa shape index (κ3) is 3.36. The number of anilines is 1. The van der Waals surface area contributed by atoms with Crippen molar-refractivity contribution in [1.29, 1.82) is 0 Å². The molecule has 0 aliphatic heterocycles. The summed E-state index contributed by atoms with van der Waals surface area (Å²) in [5.41, 5.74) is 0.281. The maximum atomic E-state index is 11.5. The molecule has 0 bridgehead atoms. The van der Waals surface area contributed by atoms with Crippen LogP contribution in [0.2, 0.25) is 0 Å². The Labute approximate surface area is 117 Å². The van der Waals surface area contributed by atoms with Gasteiger partial charge in [0.1, 0.15) is 11.6 Å². The minimum absolute atomic E-state index is 0.0733. The van der Waals surface area contributed by atoms with Crippen molar-refractivity contribution in [3.8, 4) is 0 Å². The zero-order chi connectivity index (χ0) is 14.9. The summed E-state index contributed by atoms with van der Waals surface area (Å²) in [6, 6.07) is 1.68. The lowest BCUT2D eigenvalue weighted by Crippen LogP contribution is -2.25. The lowest BCUT2D eigenvalue weighted by molar-refractivity contribution is 0.132. The highest BCUT2D eigenvalue weighted by atomic mass is 16.3. The maximum Gasteiger partial charge on any atom is 0.349 e. The highest BCUT2D eigenvalue weighted by Gasteiger charge is 2.16. The minimum Gasteiger partial charge on any atom is -0.391 e. The monoisotopic (exact) mass is 279 g/mol. The molecular formula is C13H21N5O2. The summed E-state index contributed by atoms with van der Waals surface area (Å²) in [7, 11) is 0. The van der Waals surface area contributed by atoms with Gasteiger partial charge in [-0.2, -0.15) is 5.10 Å². The van der Waals surface area contributed by atoms with E-state index < -0.39 is 6.10 Å². The van der Waals surface area contributed by atoms with E-state index in [1.54, 1.807) is 13.0 Å². The number of aliphatic hydroxyl groups excluding tert-OH is 1.